The highest BCUT2D eigenvalue weighted by Gasteiger charge is 2.36. The number of hydrazine groups is 2. The predicted octanol–water partition coefficient (Wildman–Crippen LogP) is 2.54. The van der Waals surface area contributed by atoms with E-state index in [4.69, 9.17) is 11.6 Å². The van der Waals surface area contributed by atoms with E-state index in [1.165, 1.54) is 5.56 Å². The van der Waals surface area contributed by atoms with Crippen molar-refractivity contribution in [3.63, 3.8) is 0 Å². The summed E-state index contributed by atoms with van der Waals surface area (Å²) in [4.78, 5) is 0. The van der Waals surface area contributed by atoms with E-state index in [9.17, 15) is 5.11 Å². The molecule has 6 heteroatoms. The quantitative estimate of drug-likeness (QED) is 0.849. The highest BCUT2D eigenvalue weighted by atomic mass is 35.5. The third kappa shape index (κ3) is 2.03. The molecule has 0 saturated heterocycles. The first-order valence-corrected chi connectivity index (χ1v) is 6.74. The molecule has 0 radical (unpaired) electrons. The largest absolute Gasteiger partial charge is 0.492 e. The Balaban J connectivity index is 0.00000132. The zero-order valence-electron chi connectivity index (χ0n) is 11.0. The number of hydrogen-bond acceptors (Lipinski definition) is 4. The molecule has 2 aromatic rings. The van der Waals surface area contributed by atoms with E-state index < -0.39 is 0 Å². The van der Waals surface area contributed by atoms with Gasteiger partial charge in [-0.05, 0) is 35.9 Å². The molecule has 0 amide bonds. The van der Waals surface area contributed by atoms with Crippen molar-refractivity contribution in [2.45, 2.75) is 6.42 Å². The maximum atomic E-state index is 10.4. The Morgan fingerprint density at radius 2 is 1.71 bits per heavy atom. The van der Waals surface area contributed by atoms with E-state index in [0.29, 0.717) is 5.02 Å². The minimum absolute atomic E-state index is 0. The summed E-state index contributed by atoms with van der Waals surface area (Å²) in [5.41, 5.74) is 7.18. The van der Waals surface area contributed by atoms with Crippen LogP contribution in [0.1, 0.15) is 5.56 Å². The Morgan fingerprint density at radius 3 is 2.48 bits per heavy atom. The van der Waals surface area contributed by atoms with Gasteiger partial charge in [-0.2, -0.15) is 0 Å². The van der Waals surface area contributed by atoms with Crippen LogP contribution >= 0.6 is 11.6 Å². The molecule has 4 N–H and O–H groups in total. The van der Waals surface area contributed by atoms with Crippen molar-refractivity contribution in [3.8, 4) is 0 Å². The molecule has 4 rings (SSSR count). The monoisotopic (exact) mass is 303 g/mol. The van der Waals surface area contributed by atoms with Crippen LogP contribution < -0.4 is 15.6 Å². The number of halogens is 1. The molecule has 0 aliphatic carbocycles. The summed E-state index contributed by atoms with van der Waals surface area (Å²) in [5.74, 6) is 0.225. The molecule has 0 bridgehead atoms. The van der Waals surface area contributed by atoms with Crippen molar-refractivity contribution in [1.29, 1.82) is 0 Å². The van der Waals surface area contributed by atoms with Crippen LogP contribution in [0, 0.1) is 0 Å². The van der Waals surface area contributed by atoms with Crippen LogP contribution in [0.5, 0.6) is 0 Å². The summed E-state index contributed by atoms with van der Waals surface area (Å²) in [6, 6.07) is 15.4. The van der Waals surface area contributed by atoms with Crippen molar-refractivity contribution >= 4 is 23.0 Å². The van der Waals surface area contributed by atoms with E-state index in [2.05, 4.69) is 11.6 Å². The van der Waals surface area contributed by atoms with Crippen molar-refractivity contribution < 1.29 is 10.6 Å². The first-order chi connectivity index (χ1) is 9.74. The smallest absolute Gasteiger partial charge is 0.230 e. The number of rotatable bonds is 1. The molecule has 5 nitrogen and oxygen atoms in total. The van der Waals surface area contributed by atoms with Crippen molar-refractivity contribution in [2.75, 3.05) is 10.0 Å². The summed E-state index contributed by atoms with van der Waals surface area (Å²) in [6.07, 6.45) is 0.721. The lowest BCUT2D eigenvalue weighted by Gasteiger charge is -2.22. The van der Waals surface area contributed by atoms with E-state index in [-0.39, 0.29) is 11.4 Å². The maximum absolute atomic E-state index is 10.4. The van der Waals surface area contributed by atoms with Crippen molar-refractivity contribution in [2.24, 2.45) is 0 Å². The van der Waals surface area contributed by atoms with E-state index >= 15 is 0 Å². The van der Waals surface area contributed by atoms with Crippen molar-refractivity contribution in [3.05, 3.63) is 70.7 Å². The number of anilines is 2. The fourth-order valence-electron chi connectivity index (χ4n) is 2.62. The summed E-state index contributed by atoms with van der Waals surface area (Å²) >= 11 is 5.89. The highest BCUT2D eigenvalue weighted by Crippen LogP contribution is 2.38. The SMILES string of the molecule is O.OC1=C2Cc3ccccc3N2NN1c1ccc(Cl)cc1. The van der Waals surface area contributed by atoms with Crippen LogP contribution in [-0.2, 0) is 6.42 Å². The van der Waals surface area contributed by atoms with Crippen LogP contribution in [0.15, 0.2) is 60.1 Å². The van der Waals surface area contributed by atoms with E-state index in [1.54, 1.807) is 17.1 Å². The number of nitrogens with one attached hydrogen (secondary N) is 1. The van der Waals surface area contributed by atoms with Gasteiger partial charge < -0.3 is 10.6 Å². The fourth-order valence-corrected chi connectivity index (χ4v) is 2.75. The average molecular weight is 304 g/mol. The second-order valence-corrected chi connectivity index (χ2v) is 5.26. The van der Waals surface area contributed by atoms with Gasteiger partial charge in [0.2, 0.25) is 5.88 Å². The van der Waals surface area contributed by atoms with E-state index in [0.717, 1.165) is 23.5 Å². The first kappa shape index (κ1) is 13.8. The Morgan fingerprint density at radius 1 is 1.00 bits per heavy atom. The minimum Gasteiger partial charge on any atom is -0.492 e. The molecule has 0 fully saturated rings. The summed E-state index contributed by atoms with van der Waals surface area (Å²) in [7, 11) is 0. The molecule has 21 heavy (non-hydrogen) atoms. The molecule has 0 atom stereocenters. The number of aliphatic hydroxyl groups excluding tert-OH is 1. The minimum atomic E-state index is 0. The lowest BCUT2D eigenvalue weighted by molar-refractivity contribution is 0.386. The molecule has 108 valence electrons. The molecule has 2 aliphatic rings. The number of nitrogens with zero attached hydrogens (tertiary/aromatic N) is 2. The summed E-state index contributed by atoms with van der Waals surface area (Å²) < 4.78 is 0. The average Bonchev–Trinajstić information content (AvgIpc) is 2.98. The zero-order chi connectivity index (χ0) is 13.7. The van der Waals surface area contributed by atoms with Crippen LogP contribution in [0.4, 0.5) is 11.4 Å². The lowest BCUT2D eigenvalue weighted by atomic mass is 10.1. The van der Waals surface area contributed by atoms with Gasteiger partial charge in [-0.15, -0.1) is 5.53 Å². The van der Waals surface area contributed by atoms with Gasteiger partial charge in [-0.25, -0.2) is 5.01 Å². The second-order valence-electron chi connectivity index (χ2n) is 4.82. The number of aliphatic hydroxyl groups is 1. The third-order valence-electron chi connectivity index (χ3n) is 3.62. The Hall–Kier alpha value is -2.21. The highest BCUT2D eigenvalue weighted by molar-refractivity contribution is 6.30. The van der Waals surface area contributed by atoms with Gasteiger partial charge in [0.05, 0.1) is 11.4 Å². The lowest BCUT2D eigenvalue weighted by Crippen LogP contribution is -2.40. The maximum Gasteiger partial charge on any atom is 0.230 e. The normalized spacial score (nSPS) is 15.9. The molecular formula is C15H14ClN3O2. The fraction of sp³-hybridized carbons (Fsp3) is 0.0667. The molecular weight excluding hydrogens is 290 g/mol. The van der Waals surface area contributed by atoms with Crippen molar-refractivity contribution in [1.82, 2.24) is 5.53 Å². The third-order valence-corrected chi connectivity index (χ3v) is 3.87. The molecule has 2 aromatic carbocycles. The van der Waals surface area contributed by atoms with Crippen LogP contribution in [0.3, 0.4) is 0 Å². The van der Waals surface area contributed by atoms with Gasteiger partial charge in [-0.3, -0.25) is 5.01 Å². The van der Waals surface area contributed by atoms with Gasteiger partial charge in [0.15, 0.2) is 0 Å². The molecule has 0 aromatic heterocycles. The second kappa shape index (κ2) is 4.96. The van der Waals surface area contributed by atoms with Gasteiger partial charge in [0, 0.05) is 11.4 Å². The van der Waals surface area contributed by atoms with E-state index in [1.807, 2.05) is 35.3 Å². The van der Waals surface area contributed by atoms with Gasteiger partial charge >= 0.3 is 0 Å². The number of hydrogen-bond donors (Lipinski definition) is 2. The van der Waals surface area contributed by atoms with Gasteiger partial charge in [-0.1, -0.05) is 29.8 Å². The number of allylic oxidation sites excluding steroid dienone is 1. The molecule has 0 spiro atoms. The standard InChI is InChI=1S/C15H12ClN3O.H2O/c16-11-5-7-12(8-6-11)18-15(20)14-9-10-3-1-2-4-13(10)19(14)17-18;/h1-8,17,20H,9H2;1H2. The first-order valence-electron chi connectivity index (χ1n) is 6.36. The van der Waals surface area contributed by atoms with Crippen LogP contribution in [0.25, 0.3) is 0 Å². The summed E-state index contributed by atoms with van der Waals surface area (Å²) in [6.45, 7) is 0. The number of benzene rings is 2. The Bertz CT molecular complexity index is 715. The van der Waals surface area contributed by atoms with Gasteiger partial charge in [0.1, 0.15) is 5.70 Å². The Kier molecular flexibility index (Phi) is 3.25. The topological polar surface area (TPSA) is 70.2 Å². The molecule has 0 unspecified atom stereocenters. The summed E-state index contributed by atoms with van der Waals surface area (Å²) in [5, 5.41) is 14.7. The number of fused-ring (bicyclic) bond motifs is 3. The zero-order valence-corrected chi connectivity index (χ0v) is 11.8. The molecule has 2 aliphatic heterocycles. The Labute approximate surface area is 126 Å². The predicted molar refractivity (Wildman–Crippen MR) is 83.0 cm³/mol. The van der Waals surface area contributed by atoms with Gasteiger partial charge in [0.25, 0.3) is 0 Å². The van der Waals surface area contributed by atoms with Crippen LogP contribution in [-0.4, -0.2) is 10.6 Å². The number of para-hydroxylation sites is 1. The van der Waals surface area contributed by atoms with Crippen LogP contribution in [0.2, 0.25) is 5.02 Å². The molecule has 0 saturated carbocycles. The molecule has 2 heterocycles.